The van der Waals surface area contributed by atoms with Crippen molar-refractivity contribution in [1.82, 2.24) is 10.3 Å². The number of nitrogens with zero attached hydrogens (tertiary/aromatic N) is 1. The van der Waals surface area contributed by atoms with Gasteiger partial charge in [0, 0.05) is 12.4 Å². The van der Waals surface area contributed by atoms with Crippen molar-refractivity contribution in [2.45, 2.75) is 24.7 Å². The topological polar surface area (TPSA) is 42.0 Å². The Bertz CT molecular complexity index is 300. The van der Waals surface area contributed by atoms with Crippen LogP contribution in [0.25, 0.3) is 0 Å². The highest BCUT2D eigenvalue weighted by molar-refractivity contribution is 9.10. The van der Waals surface area contributed by atoms with E-state index in [0.717, 1.165) is 5.56 Å². The zero-order chi connectivity index (χ0) is 10.6. The molecule has 0 radical (unpaired) electrons. The van der Waals surface area contributed by atoms with Gasteiger partial charge in [-0.1, -0.05) is 22.0 Å². The molecule has 3 nitrogen and oxygen atoms in total. The van der Waals surface area contributed by atoms with Gasteiger partial charge in [0.1, 0.15) is 0 Å². The summed E-state index contributed by atoms with van der Waals surface area (Å²) in [5, 5.41) is 2.87. The first kappa shape index (κ1) is 11.2. The van der Waals surface area contributed by atoms with Crippen molar-refractivity contribution < 1.29 is 4.79 Å². The molecule has 0 aliphatic heterocycles. The van der Waals surface area contributed by atoms with E-state index in [-0.39, 0.29) is 16.8 Å². The predicted molar refractivity (Wildman–Crippen MR) is 59.2 cm³/mol. The first-order chi connectivity index (χ1) is 6.61. The van der Waals surface area contributed by atoms with Crippen LogP contribution in [0.5, 0.6) is 0 Å². The summed E-state index contributed by atoms with van der Waals surface area (Å²) in [6.07, 6.45) is 3.47. The van der Waals surface area contributed by atoms with E-state index in [4.69, 9.17) is 0 Å². The third kappa shape index (κ3) is 3.10. The zero-order valence-corrected chi connectivity index (χ0v) is 9.78. The number of halogens is 1. The number of hydrogen-bond donors (Lipinski definition) is 1. The van der Waals surface area contributed by atoms with E-state index >= 15 is 0 Å². The lowest BCUT2D eigenvalue weighted by Gasteiger charge is -2.14. The maximum absolute atomic E-state index is 11.3. The lowest BCUT2D eigenvalue weighted by molar-refractivity contribution is -0.120. The summed E-state index contributed by atoms with van der Waals surface area (Å²) in [5.74, 6) is -0.0126. The molecular weight excluding hydrogens is 244 g/mol. The van der Waals surface area contributed by atoms with Gasteiger partial charge in [-0.05, 0) is 25.5 Å². The molecule has 14 heavy (non-hydrogen) atoms. The molecule has 1 rings (SSSR count). The Kier molecular flexibility index (Phi) is 4.07. The fourth-order valence-corrected chi connectivity index (χ4v) is 1.18. The fraction of sp³-hybridized carbons (Fsp3) is 0.400. The molecule has 1 amide bonds. The number of carbonyl (C=O) groups excluding carboxylic acids is 1. The molecule has 0 spiro atoms. The minimum atomic E-state index is -0.165. The van der Waals surface area contributed by atoms with Crippen LogP contribution in [-0.4, -0.2) is 15.7 Å². The Labute approximate surface area is 92.1 Å². The minimum absolute atomic E-state index is 0.00352. The molecule has 0 aliphatic rings. The van der Waals surface area contributed by atoms with E-state index in [1.165, 1.54) is 0 Å². The van der Waals surface area contributed by atoms with Gasteiger partial charge < -0.3 is 5.32 Å². The molecule has 1 heterocycles. The van der Waals surface area contributed by atoms with E-state index in [2.05, 4.69) is 26.2 Å². The van der Waals surface area contributed by atoms with Crippen molar-refractivity contribution in [1.29, 1.82) is 0 Å². The van der Waals surface area contributed by atoms with Gasteiger partial charge in [-0.2, -0.15) is 0 Å². The summed E-state index contributed by atoms with van der Waals surface area (Å²) in [6, 6.07) is 3.79. The second-order valence-electron chi connectivity index (χ2n) is 3.13. The number of pyridine rings is 1. The molecule has 0 aliphatic carbocycles. The van der Waals surface area contributed by atoms with Crippen LogP contribution in [0.3, 0.4) is 0 Å². The summed E-state index contributed by atoms with van der Waals surface area (Å²) in [5.41, 5.74) is 1.01. The van der Waals surface area contributed by atoms with E-state index in [1.54, 1.807) is 19.3 Å². The number of nitrogens with one attached hydrogen (secondary N) is 1. The lowest BCUT2D eigenvalue weighted by atomic mass is 10.1. The molecular formula is C10H13BrN2O. The smallest absolute Gasteiger partial charge is 0.233 e. The summed E-state index contributed by atoms with van der Waals surface area (Å²) >= 11 is 3.21. The second-order valence-corrected chi connectivity index (χ2v) is 4.51. The van der Waals surface area contributed by atoms with Crippen molar-refractivity contribution in [3.8, 4) is 0 Å². The van der Waals surface area contributed by atoms with Crippen molar-refractivity contribution in [2.24, 2.45) is 0 Å². The van der Waals surface area contributed by atoms with E-state index < -0.39 is 0 Å². The number of hydrogen-bond acceptors (Lipinski definition) is 2. The van der Waals surface area contributed by atoms with Gasteiger partial charge in [-0.3, -0.25) is 9.78 Å². The van der Waals surface area contributed by atoms with Crippen LogP contribution in [0, 0.1) is 0 Å². The van der Waals surface area contributed by atoms with E-state index in [1.807, 2.05) is 19.1 Å². The summed E-state index contributed by atoms with van der Waals surface area (Å²) in [6.45, 7) is 3.73. The summed E-state index contributed by atoms with van der Waals surface area (Å²) < 4.78 is 0. The SMILES string of the molecule is CC(Br)C(=O)N[C@H](C)c1cccnc1. The number of rotatable bonds is 3. The monoisotopic (exact) mass is 256 g/mol. The highest BCUT2D eigenvalue weighted by Crippen LogP contribution is 2.10. The Morgan fingerprint density at radius 3 is 2.79 bits per heavy atom. The molecule has 2 atom stereocenters. The summed E-state index contributed by atoms with van der Waals surface area (Å²) in [7, 11) is 0. The third-order valence-corrected chi connectivity index (χ3v) is 2.32. The number of aromatic nitrogens is 1. The van der Waals surface area contributed by atoms with Gasteiger partial charge in [-0.15, -0.1) is 0 Å². The molecule has 0 fully saturated rings. The van der Waals surface area contributed by atoms with E-state index in [9.17, 15) is 4.79 Å². The second kappa shape index (κ2) is 5.10. The standard InChI is InChI=1S/C10H13BrN2O/c1-7(11)10(14)13-8(2)9-4-3-5-12-6-9/h3-8H,1-2H3,(H,13,14)/t7?,8-/m1/s1. The van der Waals surface area contributed by atoms with E-state index in [0.29, 0.717) is 0 Å². The van der Waals surface area contributed by atoms with Gasteiger partial charge >= 0.3 is 0 Å². The Hall–Kier alpha value is -0.900. The molecule has 0 bridgehead atoms. The van der Waals surface area contributed by atoms with Crippen LogP contribution >= 0.6 is 15.9 Å². The van der Waals surface area contributed by atoms with Crippen LogP contribution in [0.2, 0.25) is 0 Å². The molecule has 0 saturated carbocycles. The van der Waals surface area contributed by atoms with Crippen molar-refractivity contribution >= 4 is 21.8 Å². The highest BCUT2D eigenvalue weighted by Gasteiger charge is 2.12. The van der Waals surface area contributed by atoms with Crippen molar-refractivity contribution in [2.75, 3.05) is 0 Å². The average molecular weight is 257 g/mol. The molecule has 0 saturated heterocycles. The quantitative estimate of drug-likeness (QED) is 0.842. The molecule has 1 aromatic heterocycles. The van der Waals surface area contributed by atoms with Crippen molar-refractivity contribution in [3.05, 3.63) is 30.1 Å². The Morgan fingerprint density at radius 2 is 2.29 bits per heavy atom. The maximum atomic E-state index is 11.3. The van der Waals surface area contributed by atoms with Gasteiger partial charge in [0.15, 0.2) is 0 Å². The Morgan fingerprint density at radius 1 is 1.57 bits per heavy atom. The number of amides is 1. The predicted octanol–water partition coefficient (Wildman–Crippen LogP) is 2.04. The maximum Gasteiger partial charge on any atom is 0.233 e. The van der Waals surface area contributed by atoms with Crippen LogP contribution in [0.4, 0.5) is 0 Å². The molecule has 0 aromatic carbocycles. The molecule has 1 aromatic rings. The van der Waals surface area contributed by atoms with Gasteiger partial charge in [-0.25, -0.2) is 0 Å². The van der Waals surface area contributed by atoms with Crippen LogP contribution < -0.4 is 5.32 Å². The minimum Gasteiger partial charge on any atom is -0.349 e. The van der Waals surface area contributed by atoms with Crippen LogP contribution in [-0.2, 0) is 4.79 Å². The van der Waals surface area contributed by atoms with Gasteiger partial charge in [0.2, 0.25) is 5.91 Å². The zero-order valence-electron chi connectivity index (χ0n) is 8.20. The normalized spacial score (nSPS) is 14.5. The average Bonchev–Trinajstić information content (AvgIpc) is 2.19. The molecule has 4 heteroatoms. The fourth-order valence-electron chi connectivity index (χ4n) is 1.04. The lowest BCUT2D eigenvalue weighted by Crippen LogP contribution is -2.31. The first-order valence-electron chi connectivity index (χ1n) is 4.45. The third-order valence-electron chi connectivity index (χ3n) is 1.90. The number of alkyl halides is 1. The number of carbonyl (C=O) groups is 1. The first-order valence-corrected chi connectivity index (χ1v) is 5.37. The Balaban J connectivity index is 2.59. The van der Waals surface area contributed by atoms with Gasteiger partial charge in [0.05, 0.1) is 10.9 Å². The highest BCUT2D eigenvalue weighted by atomic mass is 79.9. The van der Waals surface area contributed by atoms with Gasteiger partial charge in [0.25, 0.3) is 0 Å². The molecule has 76 valence electrons. The van der Waals surface area contributed by atoms with Crippen molar-refractivity contribution in [3.63, 3.8) is 0 Å². The van der Waals surface area contributed by atoms with Crippen LogP contribution in [0.1, 0.15) is 25.5 Å². The largest absolute Gasteiger partial charge is 0.349 e. The molecule has 1 unspecified atom stereocenters. The van der Waals surface area contributed by atoms with Crippen LogP contribution in [0.15, 0.2) is 24.5 Å². The molecule has 1 N–H and O–H groups in total. The summed E-state index contributed by atoms with van der Waals surface area (Å²) in [4.78, 5) is 15.2.